The molecular weight excluding hydrogens is 260 g/mol. The van der Waals surface area contributed by atoms with E-state index in [1.165, 1.54) is 11.1 Å². The normalized spacial score (nSPS) is 10.7. The van der Waals surface area contributed by atoms with Crippen LogP contribution in [0.1, 0.15) is 43.4 Å². The first kappa shape index (κ1) is 15.4. The Morgan fingerprint density at radius 2 is 2.00 bits per heavy atom. The maximum Gasteiger partial charge on any atom is 0.125 e. The average Bonchev–Trinajstić information content (AvgIpc) is 2.46. The Morgan fingerprint density at radius 3 is 2.62 bits per heavy atom. The number of rotatable bonds is 6. The molecule has 0 unspecified atom stereocenters. The summed E-state index contributed by atoms with van der Waals surface area (Å²) in [7, 11) is 0. The number of nitrogens with zero attached hydrogens (tertiary/aromatic N) is 1. The highest BCUT2D eigenvalue weighted by molar-refractivity contribution is 5.39. The molecule has 3 nitrogen and oxygen atoms in total. The van der Waals surface area contributed by atoms with Crippen LogP contribution >= 0.6 is 0 Å². The largest absolute Gasteiger partial charge is 0.489 e. The first-order valence-corrected chi connectivity index (χ1v) is 7.52. The molecule has 0 aliphatic heterocycles. The van der Waals surface area contributed by atoms with Gasteiger partial charge in [0.05, 0.1) is 0 Å². The van der Waals surface area contributed by atoms with Crippen LogP contribution in [-0.2, 0) is 6.61 Å². The molecule has 21 heavy (non-hydrogen) atoms. The zero-order valence-electron chi connectivity index (χ0n) is 13.3. The molecule has 0 saturated carbocycles. The van der Waals surface area contributed by atoms with E-state index in [1.54, 1.807) is 0 Å². The van der Waals surface area contributed by atoms with Gasteiger partial charge in [0, 0.05) is 18.3 Å². The lowest BCUT2D eigenvalue weighted by molar-refractivity contribution is 0.301. The highest BCUT2D eigenvalue weighted by Crippen LogP contribution is 2.28. The molecule has 1 aromatic carbocycles. The molecule has 0 radical (unpaired) electrons. The Balaban J connectivity index is 2.07. The Labute approximate surface area is 127 Å². The van der Waals surface area contributed by atoms with Crippen LogP contribution in [0.15, 0.2) is 36.5 Å². The number of anilines is 1. The molecule has 2 aromatic rings. The van der Waals surface area contributed by atoms with E-state index in [4.69, 9.17) is 4.74 Å². The topological polar surface area (TPSA) is 34.1 Å². The van der Waals surface area contributed by atoms with Gasteiger partial charge in [0.25, 0.3) is 0 Å². The molecule has 3 heteroatoms. The van der Waals surface area contributed by atoms with Crippen LogP contribution in [0.5, 0.6) is 5.75 Å². The second kappa shape index (κ2) is 7.11. The molecule has 2 rings (SSSR count). The molecule has 0 aliphatic rings. The van der Waals surface area contributed by atoms with E-state index >= 15 is 0 Å². The van der Waals surface area contributed by atoms with Crippen molar-refractivity contribution in [2.45, 2.75) is 40.2 Å². The van der Waals surface area contributed by atoms with Gasteiger partial charge in [0.15, 0.2) is 0 Å². The highest BCUT2D eigenvalue weighted by atomic mass is 16.5. The lowest BCUT2D eigenvalue weighted by atomic mass is 10.0. The maximum atomic E-state index is 6.00. The number of nitrogens with one attached hydrogen (secondary N) is 1. The SMILES string of the molecule is CCNc1ccc(COc2cc(C)ccc2C(C)C)cn1. The van der Waals surface area contributed by atoms with E-state index in [1.807, 2.05) is 12.3 Å². The summed E-state index contributed by atoms with van der Waals surface area (Å²) in [6.45, 7) is 9.94. The average molecular weight is 284 g/mol. The predicted molar refractivity (Wildman–Crippen MR) is 88.0 cm³/mol. The van der Waals surface area contributed by atoms with Crippen molar-refractivity contribution in [2.24, 2.45) is 0 Å². The van der Waals surface area contributed by atoms with Crippen LogP contribution in [0.25, 0.3) is 0 Å². The van der Waals surface area contributed by atoms with Gasteiger partial charge in [0.1, 0.15) is 18.2 Å². The second-order valence-electron chi connectivity index (χ2n) is 5.57. The van der Waals surface area contributed by atoms with Crippen molar-refractivity contribution >= 4 is 5.82 Å². The van der Waals surface area contributed by atoms with Crippen molar-refractivity contribution in [2.75, 3.05) is 11.9 Å². The Hall–Kier alpha value is -2.03. The number of benzene rings is 1. The summed E-state index contributed by atoms with van der Waals surface area (Å²) in [5, 5.41) is 3.19. The van der Waals surface area contributed by atoms with Gasteiger partial charge in [-0.25, -0.2) is 4.98 Å². The van der Waals surface area contributed by atoms with Crippen molar-refractivity contribution in [1.29, 1.82) is 0 Å². The van der Waals surface area contributed by atoms with Crippen molar-refractivity contribution < 1.29 is 4.74 Å². The van der Waals surface area contributed by atoms with E-state index < -0.39 is 0 Å². The van der Waals surface area contributed by atoms with E-state index in [0.717, 1.165) is 23.7 Å². The summed E-state index contributed by atoms with van der Waals surface area (Å²) in [4.78, 5) is 4.36. The summed E-state index contributed by atoms with van der Waals surface area (Å²) < 4.78 is 6.00. The molecule has 0 atom stereocenters. The number of pyridine rings is 1. The van der Waals surface area contributed by atoms with E-state index in [2.05, 4.69) is 62.3 Å². The minimum atomic E-state index is 0.454. The fourth-order valence-corrected chi connectivity index (χ4v) is 2.20. The molecule has 1 heterocycles. The summed E-state index contributed by atoms with van der Waals surface area (Å²) in [6, 6.07) is 10.4. The summed E-state index contributed by atoms with van der Waals surface area (Å²) in [5.41, 5.74) is 3.54. The highest BCUT2D eigenvalue weighted by Gasteiger charge is 2.08. The lowest BCUT2D eigenvalue weighted by Gasteiger charge is -2.15. The monoisotopic (exact) mass is 284 g/mol. The van der Waals surface area contributed by atoms with Crippen LogP contribution in [0, 0.1) is 6.92 Å². The van der Waals surface area contributed by atoms with Gasteiger partial charge in [-0.1, -0.05) is 32.0 Å². The van der Waals surface area contributed by atoms with Gasteiger partial charge >= 0.3 is 0 Å². The van der Waals surface area contributed by atoms with Crippen molar-refractivity contribution in [3.63, 3.8) is 0 Å². The van der Waals surface area contributed by atoms with Crippen LogP contribution in [0.2, 0.25) is 0 Å². The number of aryl methyl sites for hydroxylation is 1. The van der Waals surface area contributed by atoms with E-state index in [9.17, 15) is 0 Å². The molecule has 112 valence electrons. The molecule has 1 N–H and O–H groups in total. The molecule has 0 bridgehead atoms. The van der Waals surface area contributed by atoms with Crippen LogP contribution in [0.3, 0.4) is 0 Å². The predicted octanol–water partition coefficient (Wildman–Crippen LogP) is 4.52. The van der Waals surface area contributed by atoms with E-state index in [-0.39, 0.29) is 0 Å². The number of aromatic nitrogens is 1. The van der Waals surface area contributed by atoms with Gasteiger partial charge in [0.2, 0.25) is 0 Å². The van der Waals surface area contributed by atoms with Gasteiger partial charge < -0.3 is 10.1 Å². The molecule has 0 saturated heterocycles. The standard InChI is InChI=1S/C18H24N2O/c1-5-19-18-9-7-15(11-20-18)12-21-17-10-14(4)6-8-16(17)13(2)3/h6-11,13H,5,12H2,1-4H3,(H,19,20). The Morgan fingerprint density at radius 1 is 1.19 bits per heavy atom. The molecule has 0 fully saturated rings. The lowest BCUT2D eigenvalue weighted by Crippen LogP contribution is -2.02. The zero-order chi connectivity index (χ0) is 15.2. The van der Waals surface area contributed by atoms with Gasteiger partial charge in [-0.05, 0) is 43.0 Å². The van der Waals surface area contributed by atoms with Crippen molar-refractivity contribution in [3.8, 4) is 5.75 Å². The minimum absolute atomic E-state index is 0.454. The van der Waals surface area contributed by atoms with Crippen molar-refractivity contribution in [3.05, 3.63) is 53.2 Å². The van der Waals surface area contributed by atoms with Gasteiger partial charge in [-0.15, -0.1) is 0 Å². The second-order valence-corrected chi connectivity index (χ2v) is 5.57. The third-order valence-corrected chi connectivity index (χ3v) is 3.37. The third-order valence-electron chi connectivity index (χ3n) is 3.37. The number of hydrogen-bond donors (Lipinski definition) is 1. The third kappa shape index (κ3) is 4.22. The minimum Gasteiger partial charge on any atom is -0.489 e. The van der Waals surface area contributed by atoms with Crippen LogP contribution in [0.4, 0.5) is 5.82 Å². The first-order valence-electron chi connectivity index (χ1n) is 7.52. The fraction of sp³-hybridized carbons (Fsp3) is 0.389. The quantitative estimate of drug-likeness (QED) is 0.846. The molecule has 0 amide bonds. The number of hydrogen-bond acceptors (Lipinski definition) is 3. The maximum absolute atomic E-state index is 6.00. The fourth-order valence-electron chi connectivity index (χ4n) is 2.20. The summed E-state index contributed by atoms with van der Waals surface area (Å²) in [6.07, 6.45) is 1.86. The van der Waals surface area contributed by atoms with Gasteiger partial charge in [-0.2, -0.15) is 0 Å². The smallest absolute Gasteiger partial charge is 0.125 e. The van der Waals surface area contributed by atoms with Crippen LogP contribution in [-0.4, -0.2) is 11.5 Å². The Bertz CT molecular complexity index is 576. The molecule has 1 aromatic heterocycles. The molecule has 0 spiro atoms. The number of ether oxygens (including phenoxy) is 1. The van der Waals surface area contributed by atoms with Gasteiger partial charge in [-0.3, -0.25) is 0 Å². The van der Waals surface area contributed by atoms with E-state index in [0.29, 0.717) is 12.5 Å². The first-order chi connectivity index (χ1) is 10.1. The molecule has 0 aliphatic carbocycles. The summed E-state index contributed by atoms with van der Waals surface area (Å²) >= 11 is 0. The van der Waals surface area contributed by atoms with Crippen LogP contribution < -0.4 is 10.1 Å². The Kier molecular flexibility index (Phi) is 5.20. The van der Waals surface area contributed by atoms with Crippen molar-refractivity contribution in [1.82, 2.24) is 4.98 Å². The summed E-state index contributed by atoms with van der Waals surface area (Å²) in [5.74, 6) is 2.33. The molecular formula is C18H24N2O. The zero-order valence-corrected chi connectivity index (χ0v) is 13.3.